The van der Waals surface area contributed by atoms with Gasteiger partial charge in [-0.05, 0) is 49.8 Å². The maximum absolute atomic E-state index is 11.9. The van der Waals surface area contributed by atoms with E-state index < -0.39 is 5.54 Å². The minimum absolute atomic E-state index is 0.0138. The number of benzene rings is 1. The van der Waals surface area contributed by atoms with Crippen molar-refractivity contribution >= 4 is 23.2 Å². The van der Waals surface area contributed by atoms with Crippen LogP contribution in [0.2, 0.25) is 5.02 Å². The Kier molecular flexibility index (Phi) is 3.84. The lowest BCUT2D eigenvalue weighted by atomic mass is 10.1. The molecule has 4 nitrogen and oxygen atoms in total. The molecule has 1 amide bonds. The Morgan fingerprint density at radius 2 is 2.29 bits per heavy atom. The molecule has 21 heavy (non-hydrogen) atoms. The van der Waals surface area contributed by atoms with Crippen LogP contribution in [0.1, 0.15) is 24.8 Å². The fourth-order valence-corrected chi connectivity index (χ4v) is 3.08. The van der Waals surface area contributed by atoms with Crippen molar-refractivity contribution < 1.29 is 4.79 Å². The number of nitrogens with zero attached hydrogens (tertiary/aromatic N) is 1. The van der Waals surface area contributed by atoms with Crippen LogP contribution >= 0.6 is 11.6 Å². The highest BCUT2D eigenvalue weighted by Gasteiger charge is 2.45. The fraction of sp³-hybridized carbons (Fsp3) is 0.562. The lowest BCUT2D eigenvalue weighted by Gasteiger charge is -2.21. The summed E-state index contributed by atoms with van der Waals surface area (Å²) in [7, 11) is 0. The van der Waals surface area contributed by atoms with Crippen molar-refractivity contribution in [2.75, 3.05) is 24.5 Å². The zero-order valence-electron chi connectivity index (χ0n) is 12.4. The second kappa shape index (κ2) is 5.50. The summed E-state index contributed by atoms with van der Waals surface area (Å²) in [6, 6.07) is 6.00. The first-order valence-electron chi connectivity index (χ1n) is 7.56. The van der Waals surface area contributed by atoms with Gasteiger partial charge in [-0.1, -0.05) is 17.7 Å². The molecule has 3 N–H and O–H groups in total. The maximum atomic E-state index is 11.9. The Balaban J connectivity index is 1.55. The van der Waals surface area contributed by atoms with Crippen LogP contribution in [0.3, 0.4) is 0 Å². The zero-order valence-corrected chi connectivity index (χ0v) is 13.1. The lowest BCUT2D eigenvalue weighted by Crippen LogP contribution is -2.44. The predicted octanol–water partition coefficient (Wildman–Crippen LogP) is 2.08. The van der Waals surface area contributed by atoms with Gasteiger partial charge in [0.25, 0.3) is 0 Å². The molecule has 1 aliphatic heterocycles. The van der Waals surface area contributed by atoms with Crippen LogP contribution in [0.15, 0.2) is 18.2 Å². The number of nitrogens with two attached hydrogens (primary N) is 1. The topological polar surface area (TPSA) is 58.4 Å². The van der Waals surface area contributed by atoms with Crippen LogP contribution in [0, 0.1) is 12.8 Å². The van der Waals surface area contributed by atoms with E-state index in [0.717, 1.165) is 37.4 Å². The summed E-state index contributed by atoms with van der Waals surface area (Å²) in [4.78, 5) is 14.2. The first-order valence-corrected chi connectivity index (χ1v) is 7.94. The van der Waals surface area contributed by atoms with E-state index in [4.69, 9.17) is 17.3 Å². The molecule has 1 saturated carbocycles. The number of halogens is 1. The van der Waals surface area contributed by atoms with Gasteiger partial charge in [-0.3, -0.25) is 4.79 Å². The van der Waals surface area contributed by atoms with Crippen molar-refractivity contribution in [1.29, 1.82) is 0 Å². The molecule has 1 aromatic carbocycles. The molecule has 1 aromatic rings. The summed E-state index contributed by atoms with van der Waals surface area (Å²) in [6.07, 6.45) is 2.72. The smallest absolute Gasteiger partial charge is 0.240 e. The van der Waals surface area contributed by atoms with Crippen molar-refractivity contribution in [3.8, 4) is 0 Å². The van der Waals surface area contributed by atoms with Gasteiger partial charge in [0, 0.05) is 30.3 Å². The van der Waals surface area contributed by atoms with Gasteiger partial charge in [0.15, 0.2) is 0 Å². The van der Waals surface area contributed by atoms with E-state index in [-0.39, 0.29) is 5.91 Å². The summed E-state index contributed by atoms with van der Waals surface area (Å²) in [5.74, 6) is 0.495. The number of carbonyl (C=O) groups is 1. The van der Waals surface area contributed by atoms with E-state index in [9.17, 15) is 4.79 Å². The summed E-state index contributed by atoms with van der Waals surface area (Å²) < 4.78 is 0. The van der Waals surface area contributed by atoms with Gasteiger partial charge in [0.05, 0.1) is 5.54 Å². The molecule has 1 aliphatic carbocycles. The zero-order chi connectivity index (χ0) is 15.0. The number of hydrogen-bond acceptors (Lipinski definition) is 3. The maximum Gasteiger partial charge on any atom is 0.240 e. The molecule has 5 heteroatoms. The summed E-state index contributed by atoms with van der Waals surface area (Å²) in [5.41, 5.74) is 7.77. The normalized spacial score (nSPS) is 23.2. The SMILES string of the molecule is Cc1ccc(Cl)cc1N1CCC(CNC(=O)C2(N)CC2)C1. The summed E-state index contributed by atoms with van der Waals surface area (Å²) in [5, 5.41) is 3.78. The largest absolute Gasteiger partial charge is 0.371 e. The molecule has 0 radical (unpaired) electrons. The van der Waals surface area contributed by atoms with Crippen LogP contribution in [0.25, 0.3) is 0 Å². The molecular formula is C16H22ClN3O. The average Bonchev–Trinajstić information content (AvgIpc) is 3.04. The molecule has 0 spiro atoms. The first-order chi connectivity index (χ1) is 9.98. The molecule has 1 saturated heterocycles. The van der Waals surface area contributed by atoms with Crippen molar-refractivity contribution in [2.24, 2.45) is 11.7 Å². The third-order valence-corrected chi connectivity index (χ3v) is 4.82. The van der Waals surface area contributed by atoms with E-state index in [1.165, 1.54) is 11.3 Å². The Morgan fingerprint density at radius 3 is 3.00 bits per heavy atom. The minimum atomic E-state index is -0.568. The van der Waals surface area contributed by atoms with Crippen molar-refractivity contribution in [1.82, 2.24) is 5.32 Å². The van der Waals surface area contributed by atoms with Crippen molar-refractivity contribution in [3.05, 3.63) is 28.8 Å². The van der Waals surface area contributed by atoms with Gasteiger partial charge < -0.3 is 16.0 Å². The molecule has 114 valence electrons. The van der Waals surface area contributed by atoms with Gasteiger partial charge in [-0.15, -0.1) is 0 Å². The number of carbonyl (C=O) groups excluding carboxylic acids is 1. The van der Waals surface area contributed by atoms with Crippen LogP contribution in [0.4, 0.5) is 5.69 Å². The number of amides is 1. The molecule has 1 unspecified atom stereocenters. The highest BCUT2D eigenvalue weighted by molar-refractivity contribution is 6.30. The first kappa shape index (κ1) is 14.7. The van der Waals surface area contributed by atoms with E-state index in [0.29, 0.717) is 12.5 Å². The van der Waals surface area contributed by atoms with Gasteiger partial charge >= 0.3 is 0 Å². The third-order valence-electron chi connectivity index (χ3n) is 4.59. The number of anilines is 1. The summed E-state index contributed by atoms with van der Waals surface area (Å²) >= 11 is 6.09. The van der Waals surface area contributed by atoms with Crippen LogP contribution in [-0.4, -0.2) is 31.1 Å². The number of aryl methyl sites for hydroxylation is 1. The second-order valence-electron chi connectivity index (χ2n) is 6.40. The standard InChI is InChI=1S/C16H22ClN3O/c1-11-2-3-13(17)8-14(11)20-7-4-12(10-20)9-19-15(21)16(18)5-6-16/h2-3,8,12H,4-7,9-10,18H2,1H3,(H,19,21). The van der Waals surface area contributed by atoms with Crippen LogP contribution in [0.5, 0.6) is 0 Å². The van der Waals surface area contributed by atoms with Crippen LogP contribution in [-0.2, 0) is 4.79 Å². The summed E-state index contributed by atoms with van der Waals surface area (Å²) in [6.45, 7) is 4.79. The number of hydrogen-bond donors (Lipinski definition) is 2. The van der Waals surface area contributed by atoms with E-state index in [1.807, 2.05) is 12.1 Å². The van der Waals surface area contributed by atoms with Gasteiger partial charge in [-0.2, -0.15) is 0 Å². The molecular weight excluding hydrogens is 286 g/mol. The molecule has 2 fully saturated rings. The third kappa shape index (κ3) is 3.16. The Bertz CT molecular complexity index is 556. The van der Waals surface area contributed by atoms with E-state index in [2.05, 4.69) is 23.2 Å². The Labute approximate surface area is 130 Å². The Hall–Kier alpha value is -1.26. The number of nitrogens with one attached hydrogen (secondary N) is 1. The van der Waals surface area contributed by atoms with Crippen molar-refractivity contribution in [2.45, 2.75) is 31.7 Å². The van der Waals surface area contributed by atoms with Gasteiger partial charge in [0.2, 0.25) is 5.91 Å². The molecule has 3 rings (SSSR count). The number of rotatable bonds is 4. The molecule has 0 bridgehead atoms. The Morgan fingerprint density at radius 1 is 1.52 bits per heavy atom. The van der Waals surface area contributed by atoms with E-state index in [1.54, 1.807) is 0 Å². The molecule has 0 aromatic heterocycles. The van der Waals surface area contributed by atoms with Crippen LogP contribution < -0.4 is 16.0 Å². The molecule has 1 heterocycles. The van der Waals surface area contributed by atoms with Gasteiger partial charge in [0.1, 0.15) is 0 Å². The van der Waals surface area contributed by atoms with E-state index >= 15 is 0 Å². The van der Waals surface area contributed by atoms with Gasteiger partial charge in [-0.25, -0.2) is 0 Å². The molecule has 2 aliphatic rings. The second-order valence-corrected chi connectivity index (χ2v) is 6.83. The van der Waals surface area contributed by atoms with Crippen molar-refractivity contribution in [3.63, 3.8) is 0 Å². The highest BCUT2D eigenvalue weighted by Crippen LogP contribution is 2.32. The quantitative estimate of drug-likeness (QED) is 0.895. The fourth-order valence-electron chi connectivity index (χ4n) is 2.92. The lowest BCUT2D eigenvalue weighted by molar-refractivity contribution is -0.123. The molecule has 1 atom stereocenters. The average molecular weight is 308 g/mol. The minimum Gasteiger partial charge on any atom is -0.371 e. The highest BCUT2D eigenvalue weighted by atomic mass is 35.5. The predicted molar refractivity (Wildman–Crippen MR) is 85.7 cm³/mol. The monoisotopic (exact) mass is 307 g/mol.